The van der Waals surface area contributed by atoms with Gasteiger partial charge in [0.15, 0.2) is 11.5 Å². The van der Waals surface area contributed by atoms with Crippen LogP contribution in [0.25, 0.3) is 0 Å². The van der Waals surface area contributed by atoms with Crippen molar-refractivity contribution in [2.45, 2.75) is 13.0 Å². The SMILES string of the molecule is N#Cc1nccnc1N1CC(C(=O)N2CCc3sccc3C2)C1. The summed E-state index contributed by atoms with van der Waals surface area (Å²) in [5.41, 5.74) is 1.60. The largest absolute Gasteiger partial charge is 0.352 e. The number of aromatic nitrogens is 2. The van der Waals surface area contributed by atoms with E-state index in [0.717, 1.165) is 19.5 Å². The molecule has 1 amide bonds. The Morgan fingerprint density at radius 2 is 2.17 bits per heavy atom. The van der Waals surface area contributed by atoms with Gasteiger partial charge in [-0.25, -0.2) is 9.97 Å². The first-order valence-electron chi connectivity index (χ1n) is 7.56. The van der Waals surface area contributed by atoms with Crippen LogP contribution >= 0.6 is 11.3 Å². The second-order valence-corrected chi connectivity index (χ2v) is 6.82. The van der Waals surface area contributed by atoms with Crippen LogP contribution in [-0.2, 0) is 17.8 Å². The Morgan fingerprint density at radius 3 is 3.00 bits per heavy atom. The number of thiophene rings is 1. The fraction of sp³-hybridized carbons (Fsp3) is 0.375. The molecule has 4 heterocycles. The van der Waals surface area contributed by atoms with E-state index in [1.807, 2.05) is 9.80 Å². The third-order valence-corrected chi connectivity index (χ3v) is 5.46. The molecule has 4 rings (SSSR count). The minimum Gasteiger partial charge on any atom is -0.352 e. The smallest absolute Gasteiger partial charge is 0.229 e. The number of nitriles is 1. The molecule has 0 aliphatic carbocycles. The molecule has 116 valence electrons. The second-order valence-electron chi connectivity index (χ2n) is 5.82. The van der Waals surface area contributed by atoms with Crippen LogP contribution < -0.4 is 4.90 Å². The molecule has 0 unspecified atom stereocenters. The summed E-state index contributed by atoms with van der Waals surface area (Å²) in [5, 5.41) is 11.2. The number of carbonyl (C=O) groups excluding carboxylic acids is 1. The van der Waals surface area contributed by atoms with Gasteiger partial charge in [-0.05, 0) is 23.4 Å². The predicted octanol–water partition coefficient (Wildman–Crippen LogP) is 1.43. The highest BCUT2D eigenvalue weighted by atomic mass is 32.1. The van der Waals surface area contributed by atoms with Crippen molar-refractivity contribution >= 4 is 23.1 Å². The van der Waals surface area contributed by atoms with Crippen LogP contribution in [0.1, 0.15) is 16.1 Å². The summed E-state index contributed by atoms with van der Waals surface area (Å²) < 4.78 is 0. The van der Waals surface area contributed by atoms with Gasteiger partial charge < -0.3 is 9.80 Å². The Hall–Kier alpha value is -2.46. The number of carbonyl (C=O) groups is 1. The van der Waals surface area contributed by atoms with E-state index in [1.54, 1.807) is 17.5 Å². The van der Waals surface area contributed by atoms with Crippen molar-refractivity contribution in [3.05, 3.63) is 40.0 Å². The molecular formula is C16H15N5OS. The average Bonchev–Trinajstić information content (AvgIpc) is 3.01. The van der Waals surface area contributed by atoms with Gasteiger partial charge in [-0.15, -0.1) is 11.3 Å². The molecule has 0 bridgehead atoms. The van der Waals surface area contributed by atoms with Gasteiger partial charge in [0, 0.05) is 43.4 Å². The van der Waals surface area contributed by atoms with Gasteiger partial charge in [0.05, 0.1) is 5.92 Å². The zero-order chi connectivity index (χ0) is 15.8. The first-order valence-corrected chi connectivity index (χ1v) is 8.44. The summed E-state index contributed by atoms with van der Waals surface area (Å²) in [6, 6.07) is 4.17. The number of fused-ring (bicyclic) bond motifs is 1. The number of hydrogen-bond donors (Lipinski definition) is 0. The maximum absolute atomic E-state index is 12.6. The van der Waals surface area contributed by atoms with Crippen molar-refractivity contribution in [2.75, 3.05) is 24.5 Å². The molecule has 0 saturated carbocycles. The zero-order valence-corrected chi connectivity index (χ0v) is 13.3. The molecule has 23 heavy (non-hydrogen) atoms. The average molecular weight is 325 g/mol. The lowest BCUT2D eigenvalue weighted by Crippen LogP contribution is -2.55. The molecule has 1 saturated heterocycles. The summed E-state index contributed by atoms with van der Waals surface area (Å²) in [6.45, 7) is 2.75. The van der Waals surface area contributed by atoms with Gasteiger partial charge in [-0.1, -0.05) is 0 Å². The number of nitrogens with zero attached hydrogens (tertiary/aromatic N) is 5. The topological polar surface area (TPSA) is 73.1 Å². The number of amides is 1. The van der Waals surface area contributed by atoms with E-state index in [2.05, 4.69) is 27.5 Å². The van der Waals surface area contributed by atoms with E-state index in [4.69, 9.17) is 5.26 Å². The molecule has 0 N–H and O–H groups in total. The monoisotopic (exact) mass is 325 g/mol. The van der Waals surface area contributed by atoms with Crippen LogP contribution in [0.15, 0.2) is 23.8 Å². The molecular weight excluding hydrogens is 310 g/mol. The summed E-state index contributed by atoms with van der Waals surface area (Å²) in [7, 11) is 0. The molecule has 0 atom stereocenters. The number of anilines is 1. The molecule has 2 aromatic heterocycles. The Morgan fingerprint density at radius 1 is 1.35 bits per heavy atom. The maximum Gasteiger partial charge on any atom is 0.229 e. The fourth-order valence-electron chi connectivity index (χ4n) is 3.14. The van der Waals surface area contributed by atoms with Crippen molar-refractivity contribution in [3.63, 3.8) is 0 Å². The lowest BCUT2D eigenvalue weighted by Gasteiger charge is -2.42. The van der Waals surface area contributed by atoms with Crippen molar-refractivity contribution in [1.29, 1.82) is 5.26 Å². The Labute approximate surface area is 138 Å². The molecule has 0 radical (unpaired) electrons. The van der Waals surface area contributed by atoms with E-state index < -0.39 is 0 Å². The first kappa shape index (κ1) is 14.2. The Kier molecular flexibility index (Phi) is 3.46. The highest BCUT2D eigenvalue weighted by Gasteiger charge is 2.38. The molecule has 6 nitrogen and oxygen atoms in total. The summed E-state index contributed by atoms with van der Waals surface area (Å²) in [6.07, 6.45) is 4.04. The third kappa shape index (κ3) is 2.45. The van der Waals surface area contributed by atoms with E-state index in [0.29, 0.717) is 24.6 Å². The van der Waals surface area contributed by atoms with Gasteiger partial charge in [0.2, 0.25) is 5.91 Å². The normalized spacial score (nSPS) is 17.3. The third-order valence-electron chi connectivity index (χ3n) is 4.43. The van der Waals surface area contributed by atoms with Crippen LogP contribution in [0, 0.1) is 17.2 Å². The minimum atomic E-state index is -0.0104. The molecule has 2 aliphatic rings. The summed E-state index contributed by atoms with van der Waals surface area (Å²) in [5.74, 6) is 0.780. The second kappa shape index (κ2) is 5.63. The van der Waals surface area contributed by atoms with Gasteiger partial charge in [0.25, 0.3) is 0 Å². The summed E-state index contributed by atoms with van der Waals surface area (Å²) in [4.78, 5) is 26.2. The quantitative estimate of drug-likeness (QED) is 0.835. The molecule has 0 spiro atoms. The molecule has 2 aromatic rings. The fourth-order valence-corrected chi connectivity index (χ4v) is 4.03. The minimum absolute atomic E-state index is 0.0104. The molecule has 2 aliphatic heterocycles. The highest BCUT2D eigenvalue weighted by molar-refractivity contribution is 7.10. The maximum atomic E-state index is 12.6. The van der Waals surface area contributed by atoms with Gasteiger partial charge in [-0.2, -0.15) is 5.26 Å². The highest BCUT2D eigenvalue weighted by Crippen LogP contribution is 2.29. The van der Waals surface area contributed by atoms with Crippen LogP contribution in [0.3, 0.4) is 0 Å². The molecule has 0 aromatic carbocycles. The van der Waals surface area contributed by atoms with Crippen LogP contribution in [0.2, 0.25) is 0 Å². The summed E-state index contributed by atoms with van der Waals surface area (Å²) >= 11 is 1.78. The van der Waals surface area contributed by atoms with Gasteiger partial charge in [0.1, 0.15) is 6.07 Å². The predicted molar refractivity (Wildman–Crippen MR) is 85.9 cm³/mol. The Bertz CT molecular complexity index is 790. The van der Waals surface area contributed by atoms with E-state index >= 15 is 0 Å². The zero-order valence-electron chi connectivity index (χ0n) is 12.5. The lowest BCUT2D eigenvalue weighted by molar-refractivity contribution is -0.137. The number of rotatable bonds is 2. The van der Waals surface area contributed by atoms with Crippen molar-refractivity contribution in [3.8, 4) is 6.07 Å². The van der Waals surface area contributed by atoms with Gasteiger partial charge >= 0.3 is 0 Å². The van der Waals surface area contributed by atoms with Crippen LogP contribution in [0.5, 0.6) is 0 Å². The van der Waals surface area contributed by atoms with E-state index in [-0.39, 0.29) is 11.8 Å². The lowest BCUT2D eigenvalue weighted by atomic mass is 9.96. The Balaban J connectivity index is 1.41. The first-order chi connectivity index (χ1) is 11.3. The number of hydrogen-bond acceptors (Lipinski definition) is 6. The molecule has 1 fully saturated rings. The van der Waals surface area contributed by atoms with Crippen LogP contribution in [-0.4, -0.2) is 40.4 Å². The van der Waals surface area contributed by atoms with Crippen molar-refractivity contribution in [1.82, 2.24) is 14.9 Å². The van der Waals surface area contributed by atoms with Crippen molar-refractivity contribution in [2.24, 2.45) is 5.92 Å². The van der Waals surface area contributed by atoms with Crippen molar-refractivity contribution < 1.29 is 4.79 Å². The molecule has 7 heteroatoms. The van der Waals surface area contributed by atoms with E-state index in [9.17, 15) is 4.79 Å². The van der Waals surface area contributed by atoms with Crippen LogP contribution in [0.4, 0.5) is 5.82 Å². The standard InChI is InChI=1S/C16H15N5OS/c17-7-13-15(19-4-3-18-13)21-9-12(10-21)16(22)20-5-1-14-11(8-20)2-6-23-14/h2-4,6,12H,1,5,8-10H2. The van der Waals surface area contributed by atoms with E-state index in [1.165, 1.54) is 16.6 Å². The van der Waals surface area contributed by atoms with Gasteiger partial charge in [-0.3, -0.25) is 4.79 Å².